The fourth-order valence-electron chi connectivity index (χ4n) is 4.98. The highest BCUT2D eigenvalue weighted by atomic mass is 16.5. The molecular formula is C27H35N3O3. The van der Waals surface area contributed by atoms with E-state index in [1.807, 2.05) is 53.4 Å². The van der Waals surface area contributed by atoms with Crippen LogP contribution in [0.25, 0.3) is 0 Å². The number of hydrogen-bond donors (Lipinski definition) is 1. The lowest BCUT2D eigenvalue weighted by Crippen LogP contribution is -2.56. The molecule has 176 valence electrons. The molecule has 2 aliphatic rings. The number of anilines is 1. The zero-order chi connectivity index (χ0) is 23.0. The van der Waals surface area contributed by atoms with Crippen molar-refractivity contribution in [1.82, 2.24) is 10.2 Å². The summed E-state index contributed by atoms with van der Waals surface area (Å²) in [6.07, 6.45) is 5.77. The third-order valence-corrected chi connectivity index (χ3v) is 6.89. The normalized spacial score (nSPS) is 18.0. The molecule has 0 radical (unpaired) electrons. The SMILES string of the molecule is COc1ccccc1N1CCN(C(=O)[C@H](Cc2ccccc2)NC(=O)C2CCCCC2)CC1. The van der Waals surface area contributed by atoms with E-state index in [1.54, 1.807) is 7.11 Å². The van der Waals surface area contributed by atoms with Crippen LogP contribution in [0.1, 0.15) is 37.7 Å². The van der Waals surface area contributed by atoms with Gasteiger partial charge in [-0.1, -0.05) is 61.7 Å². The molecule has 6 nitrogen and oxygen atoms in total. The van der Waals surface area contributed by atoms with Crippen LogP contribution in [-0.4, -0.2) is 56.0 Å². The molecule has 1 saturated carbocycles. The molecule has 6 heteroatoms. The first-order valence-corrected chi connectivity index (χ1v) is 12.2. The van der Waals surface area contributed by atoms with E-state index in [2.05, 4.69) is 16.3 Å². The summed E-state index contributed by atoms with van der Waals surface area (Å²) in [5, 5.41) is 3.13. The van der Waals surface area contributed by atoms with Gasteiger partial charge in [0.2, 0.25) is 11.8 Å². The van der Waals surface area contributed by atoms with Crippen molar-refractivity contribution in [2.75, 3.05) is 38.2 Å². The molecule has 2 amide bonds. The van der Waals surface area contributed by atoms with E-state index in [0.717, 1.165) is 55.8 Å². The average Bonchev–Trinajstić information content (AvgIpc) is 2.89. The Kier molecular flexibility index (Phi) is 7.87. The van der Waals surface area contributed by atoms with Crippen LogP contribution >= 0.6 is 0 Å². The Morgan fingerprint density at radius 2 is 1.61 bits per heavy atom. The van der Waals surface area contributed by atoms with Gasteiger partial charge in [0.25, 0.3) is 0 Å². The second-order valence-electron chi connectivity index (χ2n) is 9.07. The molecule has 2 fully saturated rings. The zero-order valence-corrected chi connectivity index (χ0v) is 19.5. The maximum atomic E-state index is 13.6. The molecular weight excluding hydrogens is 414 g/mol. The van der Waals surface area contributed by atoms with Crippen molar-refractivity contribution in [3.8, 4) is 5.75 Å². The van der Waals surface area contributed by atoms with Crippen molar-refractivity contribution in [2.24, 2.45) is 5.92 Å². The number of nitrogens with zero attached hydrogens (tertiary/aromatic N) is 2. The number of hydrogen-bond acceptors (Lipinski definition) is 4. The van der Waals surface area contributed by atoms with Gasteiger partial charge in [0.15, 0.2) is 0 Å². The van der Waals surface area contributed by atoms with E-state index >= 15 is 0 Å². The van der Waals surface area contributed by atoms with Crippen LogP contribution in [0.4, 0.5) is 5.69 Å². The van der Waals surface area contributed by atoms with E-state index < -0.39 is 6.04 Å². The van der Waals surface area contributed by atoms with Crippen molar-refractivity contribution in [3.63, 3.8) is 0 Å². The van der Waals surface area contributed by atoms with Crippen LogP contribution in [-0.2, 0) is 16.0 Å². The molecule has 1 atom stereocenters. The Bertz CT molecular complexity index is 919. The predicted molar refractivity (Wildman–Crippen MR) is 130 cm³/mol. The van der Waals surface area contributed by atoms with Crippen molar-refractivity contribution < 1.29 is 14.3 Å². The highest BCUT2D eigenvalue weighted by molar-refractivity contribution is 5.89. The number of methoxy groups -OCH3 is 1. The van der Waals surface area contributed by atoms with Crippen molar-refractivity contribution in [1.29, 1.82) is 0 Å². The van der Waals surface area contributed by atoms with E-state index in [9.17, 15) is 9.59 Å². The summed E-state index contributed by atoms with van der Waals surface area (Å²) in [6, 6.07) is 17.4. The summed E-state index contributed by atoms with van der Waals surface area (Å²) >= 11 is 0. The average molecular weight is 450 g/mol. The molecule has 0 spiro atoms. The Balaban J connectivity index is 1.42. The molecule has 0 bridgehead atoms. The number of carbonyl (C=O) groups excluding carboxylic acids is 2. The minimum Gasteiger partial charge on any atom is -0.495 e. The van der Waals surface area contributed by atoms with E-state index in [-0.39, 0.29) is 17.7 Å². The Morgan fingerprint density at radius 1 is 0.939 bits per heavy atom. The smallest absolute Gasteiger partial charge is 0.245 e. The number of piperazine rings is 1. The van der Waals surface area contributed by atoms with Crippen molar-refractivity contribution in [2.45, 2.75) is 44.6 Å². The quantitative estimate of drug-likeness (QED) is 0.701. The largest absolute Gasteiger partial charge is 0.495 e. The van der Waals surface area contributed by atoms with Crippen molar-refractivity contribution >= 4 is 17.5 Å². The number of carbonyl (C=O) groups is 2. The predicted octanol–water partition coefficient (Wildman–Crippen LogP) is 3.65. The minimum absolute atomic E-state index is 0.0164. The number of benzene rings is 2. The summed E-state index contributed by atoms with van der Waals surface area (Å²) in [4.78, 5) is 30.7. The third-order valence-electron chi connectivity index (χ3n) is 6.89. The van der Waals surface area contributed by atoms with Crippen LogP contribution in [0.5, 0.6) is 5.75 Å². The van der Waals surface area contributed by atoms with Crippen LogP contribution in [0.15, 0.2) is 54.6 Å². The molecule has 4 rings (SSSR count). The minimum atomic E-state index is -0.528. The zero-order valence-electron chi connectivity index (χ0n) is 19.5. The Morgan fingerprint density at radius 3 is 2.30 bits per heavy atom. The topological polar surface area (TPSA) is 61.9 Å². The summed E-state index contributed by atoms with van der Waals surface area (Å²) in [5.74, 6) is 0.936. The van der Waals surface area contributed by atoms with E-state index in [4.69, 9.17) is 4.74 Å². The van der Waals surface area contributed by atoms with Crippen molar-refractivity contribution in [3.05, 3.63) is 60.2 Å². The van der Waals surface area contributed by atoms with Gasteiger partial charge < -0.3 is 19.9 Å². The van der Waals surface area contributed by atoms with Gasteiger partial charge in [-0.15, -0.1) is 0 Å². The molecule has 1 heterocycles. The molecule has 2 aromatic carbocycles. The highest BCUT2D eigenvalue weighted by Crippen LogP contribution is 2.28. The van der Waals surface area contributed by atoms with E-state index in [1.165, 1.54) is 6.42 Å². The molecule has 1 N–H and O–H groups in total. The molecule has 1 saturated heterocycles. The summed E-state index contributed by atoms with van der Waals surface area (Å²) in [5.41, 5.74) is 2.12. The van der Waals surface area contributed by atoms with E-state index in [0.29, 0.717) is 19.5 Å². The first-order valence-electron chi connectivity index (χ1n) is 12.2. The summed E-state index contributed by atoms with van der Waals surface area (Å²) in [6.45, 7) is 2.73. The highest BCUT2D eigenvalue weighted by Gasteiger charge is 2.31. The standard InChI is InChI=1S/C27H35N3O3/c1-33-25-15-9-8-14-24(25)29-16-18-30(19-17-29)27(32)23(20-21-10-4-2-5-11-21)28-26(31)22-12-6-3-7-13-22/h2,4-5,8-11,14-15,22-23H,3,6-7,12-13,16-20H2,1H3,(H,28,31)/t23-/m0/s1. The fraction of sp³-hybridized carbons (Fsp3) is 0.481. The van der Waals surface area contributed by atoms with Gasteiger partial charge in [-0.3, -0.25) is 9.59 Å². The van der Waals surface area contributed by atoms with Crippen LogP contribution in [0.3, 0.4) is 0 Å². The number of amides is 2. The third kappa shape index (κ3) is 5.86. The molecule has 2 aromatic rings. The Hall–Kier alpha value is -3.02. The van der Waals surface area contributed by atoms with Gasteiger partial charge in [-0.2, -0.15) is 0 Å². The molecule has 0 unspecified atom stereocenters. The van der Waals surface area contributed by atoms with Crippen LogP contribution in [0, 0.1) is 5.92 Å². The number of nitrogens with one attached hydrogen (secondary N) is 1. The molecule has 0 aromatic heterocycles. The molecule has 1 aliphatic carbocycles. The molecule has 33 heavy (non-hydrogen) atoms. The maximum absolute atomic E-state index is 13.6. The summed E-state index contributed by atoms with van der Waals surface area (Å²) in [7, 11) is 1.68. The number of ether oxygens (including phenoxy) is 1. The first-order chi connectivity index (χ1) is 16.2. The van der Waals surface area contributed by atoms with Gasteiger partial charge in [0.1, 0.15) is 11.8 Å². The second kappa shape index (κ2) is 11.2. The monoisotopic (exact) mass is 449 g/mol. The van der Waals surface area contributed by atoms with Gasteiger partial charge in [-0.25, -0.2) is 0 Å². The lowest BCUT2D eigenvalue weighted by molar-refractivity contribution is -0.138. The molecule has 1 aliphatic heterocycles. The van der Waals surface area contributed by atoms with Crippen LogP contribution in [0.2, 0.25) is 0 Å². The Labute approximate surface area is 196 Å². The number of rotatable bonds is 7. The fourth-order valence-corrected chi connectivity index (χ4v) is 4.98. The maximum Gasteiger partial charge on any atom is 0.245 e. The number of para-hydroxylation sites is 2. The van der Waals surface area contributed by atoms with Gasteiger partial charge >= 0.3 is 0 Å². The lowest BCUT2D eigenvalue weighted by atomic mass is 9.88. The van der Waals surface area contributed by atoms with Gasteiger partial charge in [0, 0.05) is 38.5 Å². The van der Waals surface area contributed by atoms with Gasteiger partial charge in [0.05, 0.1) is 12.8 Å². The lowest BCUT2D eigenvalue weighted by Gasteiger charge is -2.38. The van der Waals surface area contributed by atoms with Gasteiger partial charge in [-0.05, 0) is 30.5 Å². The summed E-state index contributed by atoms with van der Waals surface area (Å²) < 4.78 is 5.51. The second-order valence-corrected chi connectivity index (χ2v) is 9.07. The van der Waals surface area contributed by atoms with Crippen LogP contribution < -0.4 is 15.0 Å². The first kappa shape index (κ1) is 23.1.